The lowest BCUT2D eigenvalue weighted by atomic mass is 10.0. The van der Waals surface area contributed by atoms with Crippen LogP contribution in [0.5, 0.6) is 0 Å². The normalized spacial score (nSPS) is 12.6. The molecule has 6 heteroatoms. The van der Waals surface area contributed by atoms with Gasteiger partial charge in [-0.25, -0.2) is 0 Å². The molecule has 0 aliphatic heterocycles. The molecule has 0 bridgehead atoms. The third-order valence-corrected chi connectivity index (χ3v) is 15.3. The Hall–Kier alpha value is -1.40. The van der Waals surface area contributed by atoms with Crippen LogP contribution in [-0.2, 0) is 14.3 Å². The highest BCUT2D eigenvalue weighted by Gasteiger charge is 2.18. The van der Waals surface area contributed by atoms with Crippen molar-refractivity contribution in [2.75, 3.05) is 13.2 Å². The van der Waals surface area contributed by atoms with Gasteiger partial charge in [0.15, 0.2) is 0 Å². The predicted octanol–water partition coefficient (Wildman–Crippen LogP) is 20.4. The first kappa shape index (κ1) is 69.6. The molecule has 422 valence electrons. The summed E-state index contributed by atoms with van der Waals surface area (Å²) in [6.07, 6.45) is 74.0. The van der Waals surface area contributed by atoms with E-state index in [2.05, 4.69) is 19.2 Å². The second-order valence-corrected chi connectivity index (χ2v) is 22.5. The van der Waals surface area contributed by atoms with E-state index in [4.69, 9.17) is 4.74 Å². The molecule has 3 N–H and O–H groups in total. The van der Waals surface area contributed by atoms with Crippen molar-refractivity contribution < 1.29 is 24.5 Å². The fraction of sp³-hybridized carbons (Fsp3) is 0.938. The van der Waals surface area contributed by atoms with E-state index in [-0.39, 0.29) is 18.5 Å². The summed E-state index contributed by atoms with van der Waals surface area (Å²) in [5, 5.41) is 23.2. The van der Waals surface area contributed by atoms with Crippen LogP contribution in [0, 0.1) is 0 Å². The number of ether oxygens (including phenoxy) is 1. The molecule has 0 spiro atoms. The highest BCUT2D eigenvalue weighted by Crippen LogP contribution is 2.18. The number of rotatable bonds is 61. The van der Waals surface area contributed by atoms with Crippen molar-refractivity contribution in [3.8, 4) is 0 Å². The van der Waals surface area contributed by atoms with Gasteiger partial charge in [-0.2, -0.15) is 0 Å². The molecule has 1 amide bonds. The number of nitrogens with one attached hydrogen (secondary N) is 1. The second-order valence-electron chi connectivity index (χ2n) is 22.5. The van der Waals surface area contributed by atoms with Crippen molar-refractivity contribution in [2.24, 2.45) is 0 Å². The van der Waals surface area contributed by atoms with Gasteiger partial charge in [0.05, 0.1) is 25.4 Å². The van der Waals surface area contributed by atoms with Crippen LogP contribution < -0.4 is 5.32 Å². The Bertz CT molecular complexity index is 1060. The Morgan fingerprint density at radius 2 is 0.648 bits per heavy atom. The highest BCUT2D eigenvalue weighted by atomic mass is 16.5. The number of allylic oxidation sites excluding steroid dienone is 1. The van der Waals surface area contributed by atoms with Crippen molar-refractivity contribution in [1.29, 1.82) is 0 Å². The van der Waals surface area contributed by atoms with Gasteiger partial charge in [0.2, 0.25) is 5.91 Å². The lowest BCUT2D eigenvalue weighted by Crippen LogP contribution is -2.45. The lowest BCUT2D eigenvalue weighted by molar-refractivity contribution is -0.143. The third kappa shape index (κ3) is 57.7. The van der Waals surface area contributed by atoms with Crippen molar-refractivity contribution in [1.82, 2.24) is 5.32 Å². The van der Waals surface area contributed by atoms with Crippen LogP contribution >= 0.6 is 0 Å². The quantitative estimate of drug-likeness (QED) is 0.0320. The molecule has 0 saturated carbocycles. The molecule has 0 aromatic carbocycles. The van der Waals surface area contributed by atoms with E-state index in [9.17, 15) is 19.8 Å². The molecule has 0 aliphatic carbocycles. The number of unbranched alkanes of at least 4 members (excludes halogenated alkanes) is 50. The van der Waals surface area contributed by atoms with Crippen LogP contribution in [0.1, 0.15) is 367 Å². The Morgan fingerprint density at radius 1 is 0.380 bits per heavy atom. The van der Waals surface area contributed by atoms with Gasteiger partial charge in [0.1, 0.15) is 0 Å². The summed E-state index contributed by atoms with van der Waals surface area (Å²) in [7, 11) is 0. The van der Waals surface area contributed by atoms with Crippen molar-refractivity contribution in [3.63, 3.8) is 0 Å². The molecule has 6 nitrogen and oxygen atoms in total. The predicted molar refractivity (Wildman–Crippen MR) is 310 cm³/mol. The number of hydrogen-bond donors (Lipinski definition) is 3. The molecule has 71 heavy (non-hydrogen) atoms. The topological polar surface area (TPSA) is 95.9 Å². The molecule has 0 fully saturated rings. The molecule has 2 atom stereocenters. The molecular weight excluding hydrogens is 875 g/mol. The molecule has 0 saturated heterocycles. The number of carbonyl (C=O) groups is 2. The summed E-state index contributed by atoms with van der Waals surface area (Å²) >= 11 is 0. The van der Waals surface area contributed by atoms with E-state index in [0.717, 1.165) is 57.8 Å². The molecule has 0 rings (SSSR count). The van der Waals surface area contributed by atoms with Crippen molar-refractivity contribution in [2.45, 2.75) is 379 Å². The van der Waals surface area contributed by atoms with Gasteiger partial charge in [0, 0.05) is 12.8 Å². The molecule has 2 unspecified atom stereocenters. The van der Waals surface area contributed by atoms with E-state index < -0.39 is 12.1 Å². The monoisotopic (exact) mass is 1000 g/mol. The molecule has 0 heterocycles. The highest BCUT2D eigenvalue weighted by molar-refractivity contribution is 5.76. The summed E-state index contributed by atoms with van der Waals surface area (Å²) in [5.41, 5.74) is 0. The van der Waals surface area contributed by atoms with E-state index in [1.165, 1.54) is 283 Å². The van der Waals surface area contributed by atoms with Gasteiger partial charge >= 0.3 is 5.97 Å². The van der Waals surface area contributed by atoms with Crippen LogP contribution in [0.15, 0.2) is 12.2 Å². The maximum atomic E-state index is 12.5. The van der Waals surface area contributed by atoms with E-state index in [1.807, 2.05) is 6.08 Å². The van der Waals surface area contributed by atoms with Gasteiger partial charge in [-0.3, -0.25) is 9.59 Å². The van der Waals surface area contributed by atoms with Crippen LogP contribution in [0.2, 0.25) is 0 Å². The van der Waals surface area contributed by atoms with Gasteiger partial charge in [-0.05, 0) is 32.1 Å². The zero-order valence-corrected chi connectivity index (χ0v) is 48.2. The van der Waals surface area contributed by atoms with E-state index in [1.54, 1.807) is 6.08 Å². The fourth-order valence-electron chi connectivity index (χ4n) is 10.3. The van der Waals surface area contributed by atoms with Crippen LogP contribution in [0.3, 0.4) is 0 Å². The summed E-state index contributed by atoms with van der Waals surface area (Å²) in [6, 6.07) is -0.642. The standard InChI is InChI=1S/C65H127NO5/c1-3-5-7-9-11-13-15-17-19-21-23-24-25-26-27-29-30-32-34-37-41-45-49-53-57-63(68)62(61-67)66-64(69)58-54-50-46-42-38-36-40-44-48-52-56-60-71-65(70)59-55-51-47-43-39-35-33-31-28-22-20-18-16-14-12-10-8-6-4-2/h53,57,62-63,67-68H,3-52,54-56,58-61H2,1-2H3,(H,66,69)/b57-53+. The summed E-state index contributed by atoms with van der Waals surface area (Å²) in [4.78, 5) is 24.6. The first-order chi connectivity index (χ1) is 35.0. The first-order valence-corrected chi connectivity index (χ1v) is 32.5. The lowest BCUT2D eigenvalue weighted by Gasteiger charge is -2.20. The Kier molecular flexibility index (Phi) is 59.9. The van der Waals surface area contributed by atoms with Crippen LogP contribution in [0.25, 0.3) is 0 Å². The Balaban J connectivity index is 3.45. The fourth-order valence-corrected chi connectivity index (χ4v) is 10.3. The minimum absolute atomic E-state index is 0.00922. The molecule has 0 radical (unpaired) electrons. The summed E-state index contributed by atoms with van der Waals surface area (Å²) < 4.78 is 5.49. The zero-order chi connectivity index (χ0) is 51.4. The molecular formula is C65H127NO5. The Labute approximate surface area is 444 Å². The number of esters is 1. The van der Waals surface area contributed by atoms with Gasteiger partial charge in [0.25, 0.3) is 0 Å². The molecule has 0 aromatic heterocycles. The minimum Gasteiger partial charge on any atom is -0.466 e. The third-order valence-electron chi connectivity index (χ3n) is 15.3. The van der Waals surface area contributed by atoms with Crippen molar-refractivity contribution >= 4 is 11.9 Å². The SMILES string of the molecule is CCCCCCCCCCCCCCCCCCCCCCCC/C=C/C(O)C(CO)NC(=O)CCCCCCCCCCCCCOC(=O)CCCCCCCCCCCCCCCCCCCCC. The smallest absolute Gasteiger partial charge is 0.305 e. The maximum absolute atomic E-state index is 12.5. The number of aliphatic hydroxyl groups is 2. The van der Waals surface area contributed by atoms with Crippen LogP contribution in [-0.4, -0.2) is 47.4 Å². The average molecular weight is 1000 g/mol. The minimum atomic E-state index is -0.857. The number of amides is 1. The van der Waals surface area contributed by atoms with E-state index in [0.29, 0.717) is 19.4 Å². The van der Waals surface area contributed by atoms with Crippen LogP contribution in [0.4, 0.5) is 0 Å². The second kappa shape index (κ2) is 61.1. The average Bonchev–Trinajstić information content (AvgIpc) is 3.37. The number of hydrogen-bond acceptors (Lipinski definition) is 5. The maximum Gasteiger partial charge on any atom is 0.305 e. The van der Waals surface area contributed by atoms with Gasteiger partial charge < -0.3 is 20.3 Å². The number of carbonyl (C=O) groups excluding carboxylic acids is 2. The summed E-state index contributed by atoms with van der Waals surface area (Å²) in [6.45, 7) is 4.90. The summed E-state index contributed by atoms with van der Waals surface area (Å²) in [5.74, 6) is -0.0909. The molecule has 0 aliphatic rings. The van der Waals surface area contributed by atoms with Crippen molar-refractivity contribution in [3.05, 3.63) is 12.2 Å². The number of aliphatic hydroxyl groups excluding tert-OH is 2. The largest absolute Gasteiger partial charge is 0.466 e. The Morgan fingerprint density at radius 3 is 0.958 bits per heavy atom. The molecule has 0 aromatic rings. The first-order valence-electron chi connectivity index (χ1n) is 32.5. The zero-order valence-electron chi connectivity index (χ0n) is 48.2. The van der Waals surface area contributed by atoms with Gasteiger partial charge in [-0.1, -0.05) is 334 Å². The van der Waals surface area contributed by atoms with E-state index >= 15 is 0 Å². The van der Waals surface area contributed by atoms with Gasteiger partial charge in [-0.15, -0.1) is 0 Å².